The maximum atomic E-state index is 12.5. The van der Waals surface area contributed by atoms with Crippen LogP contribution in [-0.4, -0.2) is 36.6 Å². The van der Waals surface area contributed by atoms with Crippen LogP contribution in [0.4, 0.5) is 13.2 Å². The smallest absolute Gasteiger partial charge is 0.348 e. The van der Waals surface area contributed by atoms with Crippen LogP contribution in [0.15, 0.2) is 60.7 Å². The molecule has 0 bridgehead atoms. The molecule has 0 aromatic heterocycles. The molecule has 0 atom stereocenters. The average Bonchev–Trinajstić information content (AvgIpc) is 2.64. The number of nitrogens with zero attached hydrogens (tertiary/aromatic N) is 1. The van der Waals surface area contributed by atoms with Crippen molar-refractivity contribution in [3.05, 3.63) is 71.8 Å². The van der Waals surface area contributed by atoms with E-state index in [1.54, 1.807) is 0 Å². The minimum Gasteiger partial charge on any atom is -0.348 e. The number of carbonyl (C=O) groups excluding carboxylic acids is 1. The first-order valence-corrected chi connectivity index (χ1v) is 9.04. The van der Waals surface area contributed by atoms with Crippen LogP contribution in [-0.2, 0) is 4.79 Å². The zero-order valence-corrected chi connectivity index (χ0v) is 15.2. The zero-order chi connectivity index (χ0) is 19.5. The summed E-state index contributed by atoms with van der Waals surface area (Å²) in [5.74, 6) is -1.86. The van der Waals surface area contributed by atoms with Gasteiger partial charge in [0, 0.05) is 25.0 Å². The normalized spacial score (nSPS) is 16.8. The molecule has 1 aliphatic heterocycles. The van der Waals surface area contributed by atoms with Gasteiger partial charge in [-0.2, -0.15) is 13.2 Å². The van der Waals surface area contributed by atoms with Crippen LogP contribution < -0.4 is 5.32 Å². The number of halogens is 3. The highest BCUT2D eigenvalue weighted by molar-refractivity contribution is 5.81. The lowest BCUT2D eigenvalue weighted by Crippen LogP contribution is -2.62. The Kier molecular flexibility index (Phi) is 5.56. The summed E-state index contributed by atoms with van der Waals surface area (Å²) in [4.78, 5) is 13.4. The van der Waals surface area contributed by atoms with Crippen molar-refractivity contribution in [2.75, 3.05) is 19.6 Å². The van der Waals surface area contributed by atoms with Crippen LogP contribution in [0.5, 0.6) is 0 Å². The van der Waals surface area contributed by atoms with Crippen molar-refractivity contribution in [3.8, 4) is 0 Å². The van der Waals surface area contributed by atoms with E-state index in [2.05, 4.69) is 34.5 Å². The van der Waals surface area contributed by atoms with Gasteiger partial charge in [-0.1, -0.05) is 67.6 Å². The third-order valence-electron chi connectivity index (χ3n) is 5.30. The van der Waals surface area contributed by atoms with Gasteiger partial charge in [-0.05, 0) is 17.5 Å². The van der Waals surface area contributed by atoms with E-state index in [9.17, 15) is 18.0 Å². The van der Waals surface area contributed by atoms with Crippen LogP contribution in [0.1, 0.15) is 30.5 Å². The van der Waals surface area contributed by atoms with E-state index < -0.39 is 12.1 Å². The van der Waals surface area contributed by atoms with Crippen molar-refractivity contribution in [2.45, 2.75) is 25.6 Å². The molecule has 1 N–H and O–H groups in total. The van der Waals surface area contributed by atoms with E-state index in [-0.39, 0.29) is 18.0 Å². The van der Waals surface area contributed by atoms with Crippen LogP contribution >= 0.6 is 0 Å². The third kappa shape index (κ3) is 4.33. The molecule has 2 aromatic carbocycles. The molecule has 0 spiro atoms. The highest BCUT2D eigenvalue weighted by Gasteiger charge is 2.47. The van der Waals surface area contributed by atoms with Crippen molar-refractivity contribution in [1.82, 2.24) is 10.2 Å². The Bertz CT molecular complexity index is 717. The quantitative estimate of drug-likeness (QED) is 0.821. The van der Waals surface area contributed by atoms with Gasteiger partial charge in [-0.3, -0.25) is 9.69 Å². The third-order valence-corrected chi connectivity index (χ3v) is 5.30. The number of nitrogens with one attached hydrogen (secondary N) is 1. The Morgan fingerprint density at radius 3 is 1.93 bits per heavy atom. The van der Waals surface area contributed by atoms with Gasteiger partial charge >= 0.3 is 12.1 Å². The fraction of sp³-hybridized carbons (Fsp3) is 0.381. The molecule has 3 rings (SSSR count). The van der Waals surface area contributed by atoms with Gasteiger partial charge in [0.2, 0.25) is 0 Å². The van der Waals surface area contributed by atoms with Crippen molar-refractivity contribution in [2.24, 2.45) is 5.41 Å². The number of alkyl halides is 3. The van der Waals surface area contributed by atoms with Crippen molar-refractivity contribution in [1.29, 1.82) is 0 Å². The second-order valence-corrected chi connectivity index (χ2v) is 7.16. The van der Waals surface area contributed by atoms with E-state index in [0.29, 0.717) is 19.5 Å². The summed E-state index contributed by atoms with van der Waals surface area (Å²) >= 11 is 0. The second kappa shape index (κ2) is 7.72. The standard InChI is InChI=1S/C21H23F3N2O/c1-2-20(13-25-19(27)21(22,23)24)14-26(15-20)18(16-9-5-3-6-10-16)17-11-7-4-8-12-17/h3-12,18H,2,13-15H2,1H3,(H,25,27). The van der Waals surface area contributed by atoms with E-state index in [1.165, 1.54) is 0 Å². The Hall–Kier alpha value is -2.34. The molecule has 1 aliphatic rings. The summed E-state index contributed by atoms with van der Waals surface area (Å²) in [5, 5.41) is 2.06. The Morgan fingerprint density at radius 2 is 1.52 bits per heavy atom. The summed E-state index contributed by atoms with van der Waals surface area (Å²) in [6.45, 7) is 3.26. The molecule has 0 saturated carbocycles. The van der Waals surface area contributed by atoms with Crippen LogP contribution in [0.2, 0.25) is 0 Å². The number of amides is 1. The molecule has 1 saturated heterocycles. The van der Waals surface area contributed by atoms with Crippen LogP contribution in [0.3, 0.4) is 0 Å². The number of rotatable bonds is 6. The monoisotopic (exact) mass is 376 g/mol. The SMILES string of the molecule is CCC1(CNC(=O)C(F)(F)F)CN(C(c2ccccc2)c2ccccc2)C1. The fourth-order valence-corrected chi connectivity index (χ4v) is 3.71. The van der Waals surface area contributed by atoms with Gasteiger partial charge in [-0.25, -0.2) is 0 Å². The fourth-order valence-electron chi connectivity index (χ4n) is 3.71. The first kappa shape index (κ1) is 19.4. The molecule has 2 aromatic rings. The Labute approximate surface area is 157 Å². The molecular weight excluding hydrogens is 353 g/mol. The summed E-state index contributed by atoms with van der Waals surface area (Å²) in [7, 11) is 0. The lowest BCUT2D eigenvalue weighted by Gasteiger charge is -2.53. The van der Waals surface area contributed by atoms with Gasteiger partial charge < -0.3 is 5.32 Å². The predicted molar refractivity (Wildman–Crippen MR) is 98.1 cm³/mol. The topological polar surface area (TPSA) is 32.3 Å². The minimum atomic E-state index is -4.84. The molecule has 1 amide bonds. The Morgan fingerprint density at radius 1 is 1.04 bits per heavy atom. The molecule has 0 unspecified atom stereocenters. The maximum Gasteiger partial charge on any atom is 0.471 e. The summed E-state index contributed by atoms with van der Waals surface area (Å²) < 4.78 is 37.4. The molecule has 3 nitrogen and oxygen atoms in total. The molecule has 0 aliphatic carbocycles. The van der Waals surface area contributed by atoms with Gasteiger partial charge in [-0.15, -0.1) is 0 Å². The van der Waals surface area contributed by atoms with E-state index in [1.807, 2.05) is 43.3 Å². The number of benzene rings is 2. The van der Waals surface area contributed by atoms with Crippen LogP contribution in [0.25, 0.3) is 0 Å². The molecular formula is C21H23F3N2O. The number of hydrogen-bond acceptors (Lipinski definition) is 2. The van der Waals surface area contributed by atoms with Gasteiger partial charge in [0.25, 0.3) is 0 Å². The van der Waals surface area contributed by atoms with Gasteiger partial charge in [0.05, 0.1) is 6.04 Å². The van der Waals surface area contributed by atoms with E-state index in [0.717, 1.165) is 11.1 Å². The molecule has 1 heterocycles. The lowest BCUT2D eigenvalue weighted by atomic mass is 9.75. The predicted octanol–water partition coefficient (Wildman–Crippen LogP) is 4.17. The maximum absolute atomic E-state index is 12.5. The number of carbonyl (C=O) groups is 1. The molecule has 1 fully saturated rings. The minimum absolute atomic E-state index is 0.0364. The average molecular weight is 376 g/mol. The summed E-state index contributed by atoms with van der Waals surface area (Å²) in [6.07, 6.45) is -4.13. The first-order chi connectivity index (χ1) is 12.8. The van der Waals surface area contributed by atoms with Gasteiger partial charge in [0.1, 0.15) is 0 Å². The number of hydrogen-bond donors (Lipinski definition) is 1. The highest BCUT2D eigenvalue weighted by atomic mass is 19.4. The largest absolute Gasteiger partial charge is 0.471 e. The molecule has 27 heavy (non-hydrogen) atoms. The molecule has 0 radical (unpaired) electrons. The van der Waals surface area contributed by atoms with Crippen molar-refractivity contribution < 1.29 is 18.0 Å². The molecule has 6 heteroatoms. The summed E-state index contributed by atoms with van der Waals surface area (Å²) in [5.41, 5.74) is 1.96. The van der Waals surface area contributed by atoms with E-state index >= 15 is 0 Å². The van der Waals surface area contributed by atoms with Gasteiger partial charge in [0.15, 0.2) is 0 Å². The zero-order valence-electron chi connectivity index (χ0n) is 15.2. The van der Waals surface area contributed by atoms with Crippen LogP contribution in [0, 0.1) is 5.41 Å². The molecule has 144 valence electrons. The summed E-state index contributed by atoms with van der Waals surface area (Å²) in [6, 6.07) is 20.2. The first-order valence-electron chi connectivity index (χ1n) is 9.04. The second-order valence-electron chi connectivity index (χ2n) is 7.16. The highest BCUT2D eigenvalue weighted by Crippen LogP contribution is 2.41. The number of likely N-dealkylation sites (tertiary alicyclic amines) is 1. The van der Waals surface area contributed by atoms with E-state index in [4.69, 9.17) is 0 Å². The van der Waals surface area contributed by atoms with Crippen molar-refractivity contribution >= 4 is 5.91 Å². The van der Waals surface area contributed by atoms with Crippen molar-refractivity contribution in [3.63, 3.8) is 0 Å². The lowest BCUT2D eigenvalue weighted by molar-refractivity contribution is -0.174. The Balaban J connectivity index is 1.74.